The Hall–Kier alpha value is -3.00. The van der Waals surface area contributed by atoms with Crippen LogP contribution < -0.4 is 9.81 Å². The van der Waals surface area contributed by atoms with E-state index in [0.717, 1.165) is 12.8 Å². The van der Waals surface area contributed by atoms with Gasteiger partial charge in [0.05, 0.1) is 0 Å². The van der Waals surface area contributed by atoms with E-state index in [1.54, 1.807) is 6.55 Å². The minimum absolute atomic E-state index is 0. The number of hydrogen-bond donors (Lipinski definition) is 0. The molecule has 0 saturated carbocycles. The molecule has 206 valence electrons. The van der Waals surface area contributed by atoms with Crippen LogP contribution in [0.5, 0.6) is 0 Å². The molecule has 0 heterocycles. The van der Waals surface area contributed by atoms with Crippen LogP contribution in [-0.4, -0.2) is 6.88 Å². The first kappa shape index (κ1) is 29.1. The monoisotopic (exact) mass is 676 g/mol. The Morgan fingerprint density at radius 1 is 0.571 bits per heavy atom. The molecule has 0 spiro atoms. The van der Waals surface area contributed by atoms with Gasteiger partial charge >= 0.3 is 240 Å². The third kappa shape index (κ3) is 3.82. The van der Waals surface area contributed by atoms with Gasteiger partial charge in [-0.15, -0.1) is 24.8 Å². The standard InChI is InChI=1S/C21H13.2C6H5.C5H5.2ClH.H2Si.Zr/c1-2-8-15-14(7-1)13-20-18-11-4-3-9-16(18)17-10-5-6-12-19(17)21(15)20;2*1-2-4-6-5-3-1;1-2-4-5-3-1;;;;/h1-10,12H,13H2;2*1-5H;1-3H,4H2;2*1H;1H2;. The Balaban J connectivity index is 0.00000158. The molecular formula is C38H32Cl2SiZr. The fourth-order valence-electron chi connectivity index (χ4n) is 7.87. The molecule has 2 aliphatic rings. The zero-order chi connectivity index (χ0) is 26.8. The third-order valence-corrected chi connectivity index (χ3v) is 35.7. The molecule has 0 aromatic heterocycles. The number of rotatable bonds is 4. The molecule has 6 aromatic carbocycles. The number of benzene rings is 6. The molecule has 2 aliphatic carbocycles. The molecule has 0 nitrogen and oxygen atoms in total. The summed E-state index contributed by atoms with van der Waals surface area (Å²) < 4.78 is 6.25. The van der Waals surface area contributed by atoms with Gasteiger partial charge in [0, 0.05) is 0 Å². The van der Waals surface area contributed by atoms with E-state index >= 15 is 0 Å². The summed E-state index contributed by atoms with van der Waals surface area (Å²) in [6.07, 6.45) is 9.13. The van der Waals surface area contributed by atoms with Gasteiger partial charge in [0.2, 0.25) is 0 Å². The summed E-state index contributed by atoms with van der Waals surface area (Å²) in [7, 11) is 0. The van der Waals surface area contributed by atoms with E-state index in [1.807, 2.05) is 0 Å². The summed E-state index contributed by atoms with van der Waals surface area (Å²) in [5.41, 5.74) is 5.80. The summed E-state index contributed by atoms with van der Waals surface area (Å²) in [5.74, 6) is 0. The Morgan fingerprint density at radius 3 is 1.83 bits per heavy atom. The topological polar surface area (TPSA) is 0 Å². The van der Waals surface area contributed by atoms with Gasteiger partial charge in [0.1, 0.15) is 0 Å². The van der Waals surface area contributed by atoms with Gasteiger partial charge in [0.15, 0.2) is 0 Å². The van der Waals surface area contributed by atoms with Crippen LogP contribution in [0.2, 0.25) is 0 Å². The molecule has 4 heteroatoms. The van der Waals surface area contributed by atoms with Crippen LogP contribution >= 0.6 is 24.8 Å². The Kier molecular flexibility index (Phi) is 7.57. The maximum absolute atomic E-state index is 4.42. The molecule has 0 saturated heterocycles. The number of allylic oxidation sites excluding steroid dienone is 4. The molecule has 0 bridgehead atoms. The molecule has 8 rings (SSSR count). The van der Waals surface area contributed by atoms with E-state index < -0.39 is 17.4 Å². The van der Waals surface area contributed by atoms with Crippen LogP contribution in [0, 0.1) is 0 Å². The van der Waals surface area contributed by atoms with Crippen molar-refractivity contribution in [3.05, 3.63) is 160 Å². The van der Waals surface area contributed by atoms with Gasteiger partial charge in [-0.2, -0.15) is 0 Å². The normalized spacial score (nSPS) is 13.7. The van der Waals surface area contributed by atoms with Crippen molar-refractivity contribution >= 4 is 63.1 Å². The van der Waals surface area contributed by atoms with E-state index in [2.05, 4.69) is 153 Å². The first-order valence-electron chi connectivity index (χ1n) is 14.2. The predicted molar refractivity (Wildman–Crippen MR) is 186 cm³/mol. The summed E-state index contributed by atoms with van der Waals surface area (Å²) in [5, 5.41) is 5.63. The molecular weight excluding hydrogens is 647 g/mol. The van der Waals surface area contributed by atoms with Crippen LogP contribution in [0.15, 0.2) is 149 Å². The van der Waals surface area contributed by atoms with Gasteiger partial charge in [-0.25, -0.2) is 0 Å². The molecule has 0 aliphatic heterocycles. The molecule has 42 heavy (non-hydrogen) atoms. The molecule has 0 N–H and O–H groups in total. The average Bonchev–Trinajstić information content (AvgIpc) is 3.71. The SMILES string of the molecule is Cl.Cl.[SiH2]=[Zr]([C]1=CC=CC1)([c]1ccccc1)([c]1ccccc1)[c]1cccc2c1c1c(c3ccccc32)-c2ccccc2C1. The van der Waals surface area contributed by atoms with E-state index in [4.69, 9.17) is 0 Å². The summed E-state index contributed by atoms with van der Waals surface area (Å²) in [4.78, 5) is 0. The van der Waals surface area contributed by atoms with E-state index in [9.17, 15) is 0 Å². The molecule has 0 unspecified atom stereocenters. The molecule has 0 atom stereocenters. The summed E-state index contributed by atoms with van der Waals surface area (Å²) in [6.45, 7) is 2.38. The van der Waals surface area contributed by atoms with Crippen molar-refractivity contribution in [2.75, 3.05) is 0 Å². The van der Waals surface area contributed by atoms with E-state index in [1.165, 1.54) is 50.3 Å². The summed E-state index contributed by atoms with van der Waals surface area (Å²) in [6, 6.07) is 48.5. The molecule has 0 radical (unpaired) electrons. The van der Waals surface area contributed by atoms with Crippen molar-refractivity contribution in [3.8, 4) is 11.1 Å². The first-order chi connectivity index (χ1) is 19.7. The van der Waals surface area contributed by atoms with Gasteiger partial charge in [-0.05, 0) is 0 Å². The zero-order valence-electron chi connectivity index (χ0n) is 23.3. The maximum atomic E-state index is 2.51. The van der Waals surface area contributed by atoms with Gasteiger partial charge in [-0.1, -0.05) is 0 Å². The van der Waals surface area contributed by atoms with Gasteiger partial charge < -0.3 is 0 Å². The molecule has 0 fully saturated rings. The second-order valence-corrected chi connectivity index (χ2v) is 32.7. The number of hydrogen-bond acceptors (Lipinski definition) is 0. The van der Waals surface area contributed by atoms with Crippen molar-refractivity contribution < 1.29 is 17.4 Å². The van der Waals surface area contributed by atoms with Crippen molar-refractivity contribution in [1.29, 1.82) is 0 Å². The van der Waals surface area contributed by atoms with Crippen LogP contribution in [0.1, 0.15) is 17.5 Å². The van der Waals surface area contributed by atoms with Crippen molar-refractivity contribution in [2.24, 2.45) is 0 Å². The fourth-order valence-corrected chi connectivity index (χ4v) is 29.3. The third-order valence-electron chi connectivity index (χ3n) is 9.70. The quantitative estimate of drug-likeness (QED) is 0.132. The minimum atomic E-state index is -4.42. The van der Waals surface area contributed by atoms with Crippen LogP contribution in [0.4, 0.5) is 0 Å². The Bertz CT molecular complexity index is 2070. The van der Waals surface area contributed by atoms with Crippen molar-refractivity contribution in [3.63, 3.8) is 0 Å². The number of fused-ring (bicyclic) bond motifs is 8. The Morgan fingerprint density at radius 2 is 1.17 bits per heavy atom. The second kappa shape index (κ2) is 10.9. The van der Waals surface area contributed by atoms with Crippen molar-refractivity contribution in [1.82, 2.24) is 0 Å². The molecule has 0 amide bonds. The zero-order valence-corrected chi connectivity index (χ0v) is 28.8. The van der Waals surface area contributed by atoms with Crippen LogP contribution in [0.3, 0.4) is 0 Å². The number of halogens is 2. The van der Waals surface area contributed by atoms with Crippen molar-refractivity contribution in [2.45, 2.75) is 12.8 Å². The van der Waals surface area contributed by atoms with Gasteiger partial charge in [0.25, 0.3) is 0 Å². The summed E-state index contributed by atoms with van der Waals surface area (Å²) >= 11 is -4.42. The average molecular weight is 679 g/mol. The van der Waals surface area contributed by atoms with Gasteiger partial charge in [-0.3, -0.25) is 0 Å². The fraction of sp³-hybridized carbons (Fsp3) is 0.0526. The second-order valence-electron chi connectivity index (χ2n) is 11.5. The van der Waals surface area contributed by atoms with Crippen LogP contribution in [-0.2, 0) is 23.8 Å². The van der Waals surface area contributed by atoms with E-state index in [-0.39, 0.29) is 24.8 Å². The van der Waals surface area contributed by atoms with E-state index in [0.29, 0.717) is 0 Å². The molecule has 6 aromatic rings. The first-order valence-corrected chi connectivity index (χ1v) is 25.1. The van der Waals surface area contributed by atoms with Crippen LogP contribution in [0.25, 0.3) is 32.7 Å². The predicted octanol–water partition coefficient (Wildman–Crippen LogP) is 7.77. The Labute approximate surface area is 262 Å².